The van der Waals surface area contributed by atoms with Crippen molar-refractivity contribution >= 4 is 17.7 Å². The van der Waals surface area contributed by atoms with Crippen LogP contribution in [0.15, 0.2) is 0 Å². The lowest BCUT2D eigenvalue weighted by Gasteiger charge is -2.31. The molecule has 4 nitrogen and oxygen atoms in total. The lowest BCUT2D eigenvalue weighted by molar-refractivity contribution is -0.121. The van der Waals surface area contributed by atoms with E-state index in [4.69, 9.17) is 5.84 Å². The van der Waals surface area contributed by atoms with Crippen LogP contribution in [-0.4, -0.2) is 41.4 Å². The standard InChI is InChI=1S/C11H23N3OS/c1-2-10-9-14(7-8-16-10)6-4-3-5-11(15)13-12/h10H,2-9,12H2,1H3,(H,13,15). The molecule has 0 saturated carbocycles. The van der Waals surface area contributed by atoms with Crippen molar-refractivity contribution in [2.24, 2.45) is 5.84 Å². The largest absolute Gasteiger partial charge is 0.301 e. The fourth-order valence-electron chi connectivity index (χ4n) is 1.92. The molecule has 94 valence electrons. The van der Waals surface area contributed by atoms with Crippen LogP contribution in [0, 0.1) is 0 Å². The van der Waals surface area contributed by atoms with Crippen LogP contribution in [0.1, 0.15) is 32.6 Å². The van der Waals surface area contributed by atoms with Gasteiger partial charge in [0.25, 0.3) is 0 Å². The molecule has 3 N–H and O–H groups in total. The van der Waals surface area contributed by atoms with E-state index in [2.05, 4.69) is 29.0 Å². The van der Waals surface area contributed by atoms with E-state index >= 15 is 0 Å². The van der Waals surface area contributed by atoms with Gasteiger partial charge in [0, 0.05) is 30.5 Å². The fourth-order valence-corrected chi connectivity index (χ4v) is 3.17. The second-order valence-corrected chi connectivity index (χ2v) is 5.63. The van der Waals surface area contributed by atoms with Crippen molar-refractivity contribution in [3.8, 4) is 0 Å². The van der Waals surface area contributed by atoms with Gasteiger partial charge in [0.05, 0.1) is 0 Å². The molecule has 16 heavy (non-hydrogen) atoms. The Hall–Kier alpha value is -0.260. The molecular weight excluding hydrogens is 222 g/mol. The normalized spacial score (nSPS) is 22.0. The van der Waals surface area contributed by atoms with Crippen LogP contribution >= 0.6 is 11.8 Å². The molecule has 1 aliphatic rings. The molecule has 0 bridgehead atoms. The minimum atomic E-state index is -0.0550. The van der Waals surface area contributed by atoms with Crippen LogP contribution in [0.5, 0.6) is 0 Å². The maximum Gasteiger partial charge on any atom is 0.233 e. The van der Waals surface area contributed by atoms with Gasteiger partial charge in [-0.05, 0) is 25.8 Å². The summed E-state index contributed by atoms with van der Waals surface area (Å²) in [6.07, 6.45) is 3.84. The molecule has 1 rings (SSSR count). The van der Waals surface area contributed by atoms with Crippen molar-refractivity contribution in [2.75, 3.05) is 25.4 Å². The summed E-state index contributed by atoms with van der Waals surface area (Å²) >= 11 is 2.09. The van der Waals surface area contributed by atoms with E-state index in [1.807, 2.05) is 0 Å². The highest BCUT2D eigenvalue weighted by Gasteiger charge is 2.17. The number of carbonyl (C=O) groups excluding carboxylic acids is 1. The van der Waals surface area contributed by atoms with Gasteiger partial charge in [-0.15, -0.1) is 0 Å². The molecule has 5 heteroatoms. The van der Waals surface area contributed by atoms with Crippen molar-refractivity contribution in [1.82, 2.24) is 10.3 Å². The topological polar surface area (TPSA) is 58.4 Å². The average Bonchev–Trinajstić information content (AvgIpc) is 2.34. The molecule has 0 aromatic rings. The Balaban J connectivity index is 2.06. The minimum absolute atomic E-state index is 0.0550. The number of nitrogens with one attached hydrogen (secondary N) is 1. The van der Waals surface area contributed by atoms with Gasteiger partial charge in [0.15, 0.2) is 0 Å². The van der Waals surface area contributed by atoms with E-state index in [1.165, 1.54) is 25.3 Å². The number of hydrogen-bond donors (Lipinski definition) is 2. The summed E-state index contributed by atoms with van der Waals surface area (Å²) in [6.45, 7) is 5.79. The quantitative estimate of drug-likeness (QED) is 0.317. The minimum Gasteiger partial charge on any atom is -0.301 e. The van der Waals surface area contributed by atoms with E-state index in [1.54, 1.807) is 0 Å². The number of carbonyl (C=O) groups is 1. The lowest BCUT2D eigenvalue weighted by Crippen LogP contribution is -2.38. The zero-order chi connectivity index (χ0) is 11.8. The number of nitrogens with two attached hydrogens (primary N) is 1. The van der Waals surface area contributed by atoms with Crippen LogP contribution in [0.4, 0.5) is 0 Å². The van der Waals surface area contributed by atoms with E-state index < -0.39 is 0 Å². The molecule has 1 atom stereocenters. The van der Waals surface area contributed by atoms with Gasteiger partial charge in [-0.3, -0.25) is 10.2 Å². The number of unbranched alkanes of at least 4 members (excludes halogenated alkanes) is 1. The van der Waals surface area contributed by atoms with Crippen molar-refractivity contribution in [2.45, 2.75) is 37.9 Å². The Bertz CT molecular complexity index is 213. The smallest absolute Gasteiger partial charge is 0.233 e. The molecule has 0 radical (unpaired) electrons. The summed E-state index contributed by atoms with van der Waals surface area (Å²) in [5.74, 6) is 6.22. The summed E-state index contributed by atoms with van der Waals surface area (Å²) in [5, 5.41) is 0.807. The Morgan fingerprint density at radius 3 is 3.06 bits per heavy atom. The summed E-state index contributed by atoms with van der Waals surface area (Å²) in [5.41, 5.74) is 2.16. The first-order chi connectivity index (χ1) is 7.76. The number of hydrazine groups is 1. The molecule has 0 aromatic carbocycles. The van der Waals surface area contributed by atoms with Gasteiger partial charge < -0.3 is 4.90 Å². The van der Waals surface area contributed by atoms with Crippen LogP contribution in [0.25, 0.3) is 0 Å². The first-order valence-electron chi connectivity index (χ1n) is 6.09. The number of thioether (sulfide) groups is 1. The monoisotopic (exact) mass is 245 g/mol. The maximum absolute atomic E-state index is 10.9. The molecule has 0 spiro atoms. The zero-order valence-corrected chi connectivity index (χ0v) is 10.9. The van der Waals surface area contributed by atoms with Gasteiger partial charge >= 0.3 is 0 Å². The van der Waals surface area contributed by atoms with Crippen LogP contribution < -0.4 is 11.3 Å². The third kappa shape index (κ3) is 5.18. The summed E-state index contributed by atoms with van der Waals surface area (Å²) in [4.78, 5) is 13.4. The van der Waals surface area contributed by atoms with Crippen LogP contribution in [0.2, 0.25) is 0 Å². The molecule has 1 saturated heterocycles. The number of nitrogens with zero attached hydrogens (tertiary/aromatic N) is 1. The summed E-state index contributed by atoms with van der Waals surface area (Å²) < 4.78 is 0. The molecule has 1 fully saturated rings. The van der Waals surface area contributed by atoms with E-state index in [9.17, 15) is 4.79 Å². The van der Waals surface area contributed by atoms with Gasteiger partial charge in [-0.1, -0.05) is 6.92 Å². The third-order valence-electron chi connectivity index (χ3n) is 2.97. The lowest BCUT2D eigenvalue weighted by atomic mass is 10.2. The fraction of sp³-hybridized carbons (Fsp3) is 0.909. The molecule has 1 aliphatic heterocycles. The van der Waals surface area contributed by atoms with Crippen LogP contribution in [-0.2, 0) is 4.79 Å². The second kappa shape index (κ2) is 7.92. The van der Waals surface area contributed by atoms with Crippen molar-refractivity contribution in [3.05, 3.63) is 0 Å². The number of rotatable bonds is 6. The van der Waals surface area contributed by atoms with Crippen molar-refractivity contribution in [3.63, 3.8) is 0 Å². The predicted molar refractivity (Wildman–Crippen MR) is 69.2 cm³/mol. The van der Waals surface area contributed by atoms with Gasteiger partial charge in [0.2, 0.25) is 5.91 Å². The average molecular weight is 245 g/mol. The molecular formula is C11H23N3OS. The highest BCUT2D eigenvalue weighted by Crippen LogP contribution is 2.21. The van der Waals surface area contributed by atoms with Crippen LogP contribution in [0.3, 0.4) is 0 Å². The Morgan fingerprint density at radius 1 is 1.56 bits per heavy atom. The highest BCUT2D eigenvalue weighted by molar-refractivity contribution is 8.00. The zero-order valence-electron chi connectivity index (χ0n) is 10.1. The van der Waals surface area contributed by atoms with Gasteiger partial charge in [-0.2, -0.15) is 11.8 Å². The van der Waals surface area contributed by atoms with Crippen molar-refractivity contribution < 1.29 is 4.79 Å². The van der Waals surface area contributed by atoms with E-state index in [0.717, 1.165) is 24.6 Å². The van der Waals surface area contributed by atoms with E-state index in [0.29, 0.717) is 6.42 Å². The SMILES string of the molecule is CCC1CN(CCCCC(=O)NN)CCS1. The first kappa shape index (κ1) is 13.8. The van der Waals surface area contributed by atoms with Gasteiger partial charge in [0.1, 0.15) is 0 Å². The summed E-state index contributed by atoms with van der Waals surface area (Å²) in [6, 6.07) is 0. The Morgan fingerprint density at radius 2 is 2.38 bits per heavy atom. The number of amides is 1. The molecule has 1 amide bonds. The maximum atomic E-state index is 10.9. The Kier molecular flexibility index (Phi) is 6.84. The molecule has 0 aliphatic carbocycles. The van der Waals surface area contributed by atoms with E-state index in [-0.39, 0.29) is 5.91 Å². The van der Waals surface area contributed by atoms with Crippen molar-refractivity contribution in [1.29, 1.82) is 0 Å². The molecule has 0 aromatic heterocycles. The number of hydrogen-bond acceptors (Lipinski definition) is 4. The first-order valence-corrected chi connectivity index (χ1v) is 7.14. The Labute approximate surface area is 102 Å². The van der Waals surface area contributed by atoms with Gasteiger partial charge in [-0.25, -0.2) is 5.84 Å². The molecule has 1 unspecified atom stereocenters. The second-order valence-electron chi connectivity index (χ2n) is 4.23. The highest BCUT2D eigenvalue weighted by atomic mass is 32.2. The summed E-state index contributed by atoms with van der Waals surface area (Å²) in [7, 11) is 0. The molecule has 1 heterocycles. The predicted octanol–water partition coefficient (Wildman–Crippen LogP) is 0.974. The third-order valence-corrected chi connectivity index (χ3v) is 4.34.